The summed E-state index contributed by atoms with van der Waals surface area (Å²) in [4.78, 5) is 12.0. The van der Waals surface area contributed by atoms with Crippen molar-refractivity contribution >= 4 is 5.91 Å². The molecule has 0 aromatic carbocycles. The number of rotatable bonds is 3. The maximum absolute atomic E-state index is 12.0. The summed E-state index contributed by atoms with van der Waals surface area (Å²) in [6, 6.07) is 0. The molecule has 1 heterocycles. The second kappa shape index (κ2) is 4.12. The topological polar surface area (TPSA) is 41.1 Å². The number of hydrogen-bond acceptors (Lipinski definition) is 2. The Labute approximate surface area is 92.0 Å². The summed E-state index contributed by atoms with van der Waals surface area (Å²) in [6.07, 6.45) is 4.81. The molecular weight excluding hydrogens is 188 g/mol. The molecule has 2 N–H and O–H groups in total. The molecule has 0 aromatic heterocycles. The van der Waals surface area contributed by atoms with Crippen LogP contribution < -0.4 is 10.6 Å². The van der Waals surface area contributed by atoms with Crippen LogP contribution in [0.4, 0.5) is 0 Å². The lowest BCUT2D eigenvalue weighted by Crippen LogP contribution is -2.53. The molecule has 15 heavy (non-hydrogen) atoms. The third-order valence-electron chi connectivity index (χ3n) is 4.07. The lowest BCUT2D eigenvalue weighted by molar-refractivity contribution is -0.128. The van der Waals surface area contributed by atoms with E-state index in [1.807, 2.05) is 0 Å². The first-order valence-corrected chi connectivity index (χ1v) is 6.13. The van der Waals surface area contributed by atoms with Gasteiger partial charge in [0, 0.05) is 11.5 Å². The van der Waals surface area contributed by atoms with Crippen LogP contribution in [0, 0.1) is 11.8 Å². The van der Waals surface area contributed by atoms with Gasteiger partial charge in [-0.05, 0) is 38.8 Å². The normalized spacial score (nSPS) is 27.1. The van der Waals surface area contributed by atoms with Gasteiger partial charge in [0.25, 0.3) is 0 Å². The third-order valence-corrected chi connectivity index (χ3v) is 4.07. The number of hydrogen-bond donors (Lipinski definition) is 2. The Morgan fingerprint density at radius 2 is 2.00 bits per heavy atom. The third kappa shape index (κ3) is 2.33. The van der Waals surface area contributed by atoms with Crippen LogP contribution in [0.3, 0.4) is 0 Å². The summed E-state index contributed by atoms with van der Waals surface area (Å²) in [7, 11) is 0. The van der Waals surface area contributed by atoms with Gasteiger partial charge in [0.05, 0.1) is 0 Å². The average Bonchev–Trinajstić information content (AvgIpc) is 2.48. The summed E-state index contributed by atoms with van der Waals surface area (Å²) < 4.78 is 0. The summed E-state index contributed by atoms with van der Waals surface area (Å²) in [5.41, 5.74) is 0.0858. The zero-order valence-corrected chi connectivity index (χ0v) is 9.81. The zero-order chi connectivity index (χ0) is 10.9. The maximum Gasteiger partial charge on any atom is 0.223 e. The van der Waals surface area contributed by atoms with E-state index in [9.17, 15) is 4.79 Å². The first-order valence-electron chi connectivity index (χ1n) is 6.13. The molecule has 0 spiro atoms. The Bertz CT molecular complexity index is 242. The van der Waals surface area contributed by atoms with E-state index in [1.54, 1.807) is 0 Å². The highest BCUT2D eigenvalue weighted by atomic mass is 16.2. The Hall–Kier alpha value is -0.570. The van der Waals surface area contributed by atoms with Crippen LogP contribution in [0.1, 0.15) is 39.5 Å². The van der Waals surface area contributed by atoms with Crippen LogP contribution in [0.2, 0.25) is 0 Å². The molecule has 1 unspecified atom stereocenters. The van der Waals surface area contributed by atoms with Gasteiger partial charge in [0.15, 0.2) is 0 Å². The monoisotopic (exact) mass is 210 g/mol. The largest absolute Gasteiger partial charge is 0.351 e. The van der Waals surface area contributed by atoms with E-state index in [1.165, 1.54) is 12.8 Å². The fourth-order valence-electron chi connectivity index (χ4n) is 2.57. The first kappa shape index (κ1) is 10.9. The molecule has 3 nitrogen and oxygen atoms in total. The van der Waals surface area contributed by atoms with Crippen molar-refractivity contribution in [3.05, 3.63) is 0 Å². The highest BCUT2D eigenvalue weighted by Gasteiger charge is 2.34. The predicted molar refractivity (Wildman–Crippen MR) is 60.5 cm³/mol. The van der Waals surface area contributed by atoms with Crippen molar-refractivity contribution in [3.8, 4) is 0 Å². The van der Waals surface area contributed by atoms with Crippen LogP contribution in [0.15, 0.2) is 0 Å². The molecule has 2 fully saturated rings. The van der Waals surface area contributed by atoms with Crippen LogP contribution >= 0.6 is 0 Å². The highest BCUT2D eigenvalue weighted by Crippen LogP contribution is 2.29. The van der Waals surface area contributed by atoms with Crippen molar-refractivity contribution < 1.29 is 4.79 Å². The molecule has 0 bridgehead atoms. The zero-order valence-electron chi connectivity index (χ0n) is 9.81. The van der Waals surface area contributed by atoms with Crippen molar-refractivity contribution in [2.24, 2.45) is 11.8 Å². The molecule has 2 rings (SSSR count). The van der Waals surface area contributed by atoms with Gasteiger partial charge in [-0.2, -0.15) is 0 Å². The van der Waals surface area contributed by atoms with Crippen molar-refractivity contribution in [2.45, 2.75) is 45.1 Å². The van der Waals surface area contributed by atoms with E-state index in [0.717, 1.165) is 25.9 Å². The Morgan fingerprint density at radius 3 is 2.47 bits per heavy atom. The van der Waals surface area contributed by atoms with Crippen molar-refractivity contribution in [2.75, 3.05) is 13.1 Å². The van der Waals surface area contributed by atoms with E-state index in [-0.39, 0.29) is 17.4 Å². The van der Waals surface area contributed by atoms with Gasteiger partial charge >= 0.3 is 0 Å². The second-order valence-electron chi connectivity index (χ2n) is 5.46. The highest BCUT2D eigenvalue weighted by molar-refractivity contribution is 5.79. The number of carbonyl (C=O) groups excluding carboxylic acids is 1. The number of nitrogens with one attached hydrogen (secondary N) is 2. The molecule has 1 amide bonds. The van der Waals surface area contributed by atoms with Crippen LogP contribution in [-0.2, 0) is 4.79 Å². The first-order chi connectivity index (χ1) is 7.11. The number of carbonyl (C=O) groups is 1. The van der Waals surface area contributed by atoms with Gasteiger partial charge in [-0.3, -0.25) is 4.79 Å². The molecular formula is C12H22N2O. The minimum Gasteiger partial charge on any atom is -0.351 e. The summed E-state index contributed by atoms with van der Waals surface area (Å²) in [6.45, 7) is 6.25. The second-order valence-corrected chi connectivity index (χ2v) is 5.46. The molecule has 1 aliphatic carbocycles. The summed E-state index contributed by atoms with van der Waals surface area (Å²) in [5, 5.41) is 6.46. The quantitative estimate of drug-likeness (QED) is 0.737. The van der Waals surface area contributed by atoms with E-state index < -0.39 is 0 Å². The summed E-state index contributed by atoms with van der Waals surface area (Å²) >= 11 is 0. The standard InChI is InChI=1S/C12H22N2O/c1-9(10-7-13-8-10)11(15)14-12(2)5-3-4-6-12/h9-10,13H,3-8H2,1-2H3,(H,14,15). The molecule has 1 saturated carbocycles. The van der Waals surface area contributed by atoms with Gasteiger partial charge in [-0.1, -0.05) is 19.8 Å². The molecule has 0 aromatic rings. The molecule has 1 saturated heterocycles. The molecule has 2 aliphatic rings. The van der Waals surface area contributed by atoms with Crippen molar-refractivity contribution in [3.63, 3.8) is 0 Å². The molecule has 0 radical (unpaired) electrons. The van der Waals surface area contributed by atoms with Crippen molar-refractivity contribution in [1.82, 2.24) is 10.6 Å². The average molecular weight is 210 g/mol. The van der Waals surface area contributed by atoms with E-state index in [4.69, 9.17) is 0 Å². The fourth-order valence-corrected chi connectivity index (χ4v) is 2.57. The lowest BCUT2D eigenvalue weighted by atomic mass is 9.87. The van der Waals surface area contributed by atoms with Crippen molar-refractivity contribution in [1.29, 1.82) is 0 Å². The van der Waals surface area contributed by atoms with E-state index in [2.05, 4.69) is 24.5 Å². The minimum atomic E-state index is 0.0858. The van der Waals surface area contributed by atoms with Gasteiger partial charge in [-0.25, -0.2) is 0 Å². The Balaban J connectivity index is 1.85. The SMILES string of the molecule is CC(C(=O)NC1(C)CCCC1)C1CNC1. The minimum absolute atomic E-state index is 0.0858. The van der Waals surface area contributed by atoms with Crippen LogP contribution in [0.5, 0.6) is 0 Å². The molecule has 1 atom stereocenters. The van der Waals surface area contributed by atoms with Gasteiger partial charge < -0.3 is 10.6 Å². The Morgan fingerprint density at radius 1 is 1.40 bits per heavy atom. The Kier molecular flexibility index (Phi) is 3.01. The van der Waals surface area contributed by atoms with Crippen LogP contribution in [0.25, 0.3) is 0 Å². The molecule has 1 aliphatic heterocycles. The predicted octanol–water partition coefficient (Wildman–Crippen LogP) is 1.29. The fraction of sp³-hybridized carbons (Fsp3) is 0.917. The maximum atomic E-state index is 12.0. The summed E-state index contributed by atoms with van der Waals surface area (Å²) in [5.74, 6) is 0.976. The van der Waals surface area contributed by atoms with E-state index >= 15 is 0 Å². The molecule has 3 heteroatoms. The van der Waals surface area contributed by atoms with E-state index in [0.29, 0.717) is 5.92 Å². The lowest BCUT2D eigenvalue weighted by Gasteiger charge is -2.34. The van der Waals surface area contributed by atoms with Gasteiger partial charge in [0.2, 0.25) is 5.91 Å². The smallest absolute Gasteiger partial charge is 0.223 e. The molecule has 86 valence electrons. The van der Waals surface area contributed by atoms with Gasteiger partial charge in [0.1, 0.15) is 0 Å². The number of amides is 1. The van der Waals surface area contributed by atoms with Gasteiger partial charge in [-0.15, -0.1) is 0 Å². The van der Waals surface area contributed by atoms with Crippen LogP contribution in [-0.4, -0.2) is 24.5 Å².